The van der Waals surface area contributed by atoms with Crippen molar-refractivity contribution in [3.05, 3.63) is 23.4 Å². The molecule has 0 atom stereocenters. The molecule has 1 saturated heterocycles. The van der Waals surface area contributed by atoms with Gasteiger partial charge in [0.25, 0.3) is 6.43 Å². The molecule has 0 unspecified atom stereocenters. The number of anilines is 1. The molecular weight excluding hydrogens is 262 g/mol. The molecule has 1 N–H and O–H groups in total. The molecule has 1 fully saturated rings. The van der Waals surface area contributed by atoms with Gasteiger partial charge in [-0.25, -0.2) is 18.6 Å². The van der Waals surface area contributed by atoms with E-state index in [0.29, 0.717) is 0 Å². The molecule has 0 bridgehead atoms. The van der Waals surface area contributed by atoms with Crippen LogP contribution in [0.5, 0.6) is 0 Å². The van der Waals surface area contributed by atoms with E-state index in [0.717, 1.165) is 11.0 Å². The van der Waals surface area contributed by atoms with Crippen molar-refractivity contribution in [1.82, 2.24) is 4.98 Å². The summed E-state index contributed by atoms with van der Waals surface area (Å²) in [6, 6.07) is 2.35. The number of carbonyl (C=O) groups is 1. The number of halogens is 2. The first-order chi connectivity index (χ1) is 9.00. The van der Waals surface area contributed by atoms with Crippen LogP contribution in [0.25, 0.3) is 0 Å². The number of carboxylic acid groups (broad SMARTS) is 1. The Balaban J connectivity index is 2.40. The average molecular weight is 274 g/mol. The molecule has 2 rings (SSSR count). The van der Waals surface area contributed by atoms with Gasteiger partial charge in [0.05, 0.1) is 13.2 Å². The molecule has 2 heterocycles. The fraction of sp³-hybridized carbons (Fsp3) is 0.455. The SMILES string of the molecule is CN(C(=O)O)c1ccc(C(F)F)c(C2OCCO2)n1. The van der Waals surface area contributed by atoms with Gasteiger partial charge < -0.3 is 14.6 Å². The van der Waals surface area contributed by atoms with E-state index in [1.165, 1.54) is 13.1 Å². The first-order valence-corrected chi connectivity index (χ1v) is 5.49. The minimum absolute atomic E-state index is 0.0333. The van der Waals surface area contributed by atoms with Gasteiger partial charge in [0.2, 0.25) is 6.29 Å². The summed E-state index contributed by atoms with van der Waals surface area (Å²) in [5.74, 6) is 0.0333. The van der Waals surface area contributed by atoms with Crippen LogP contribution in [-0.4, -0.2) is 36.4 Å². The van der Waals surface area contributed by atoms with Gasteiger partial charge in [-0.3, -0.25) is 4.90 Å². The molecule has 1 aliphatic rings. The first-order valence-electron chi connectivity index (χ1n) is 5.49. The summed E-state index contributed by atoms with van der Waals surface area (Å²) in [6.07, 6.45) is -4.96. The van der Waals surface area contributed by atoms with Crippen LogP contribution in [0.15, 0.2) is 12.1 Å². The van der Waals surface area contributed by atoms with Crippen molar-refractivity contribution in [1.29, 1.82) is 0 Å². The lowest BCUT2D eigenvalue weighted by Gasteiger charge is -2.17. The number of aromatic nitrogens is 1. The number of nitrogens with zero attached hydrogens (tertiary/aromatic N) is 2. The quantitative estimate of drug-likeness (QED) is 0.914. The van der Waals surface area contributed by atoms with Crippen LogP contribution in [0.3, 0.4) is 0 Å². The Labute approximate surface area is 107 Å². The molecule has 1 aromatic heterocycles. The second kappa shape index (κ2) is 5.45. The highest BCUT2D eigenvalue weighted by atomic mass is 19.3. The summed E-state index contributed by atoms with van der Waals surface area (Å²) in [4.78, 5) is 15.6. The molecule has 19 heavy (non-hydrogen) atoms. The number of hydrogen-bond acceptors (Lipinski definition) is 4. The van der Waals surface area contributed by atoms with E-state index in [2.05, 4.69) is 4.98 Å². The molecule has 0 aromatic carbocycles. The maximum atomic E-state index is 12.9. The second-order valence-electron chi connectivity index (χ2n) is 3.86. The summed E-state index contributed by atoms with van der Waals surface area (Å²) in [5, 5.41) is 8.85. The lowest BCUT2D eigenvalue weighted by molar-refractivity contribution is -0.0497. The molecule has 8 heteroatoms. The van der Waals surface area contributed by atoms with Crippen LogP contribution < -0.4 is 4.90 Å². The van der Waals surface area contributed by atoms with E-state index in [1.807, 2.05) is 0 Å². The summed E-state index contributed by atoms with van der Waals surface area (Å²) in [7, 11) is 1.27. The number of hydrogen-bond donors (Lipinski definition) is 1. The van der Waals surface area contributed by atoms with Gasteiger partial charge >= 0.3 is 6.09 Å². The van der Waals surface area contributed by atoms with E-state index >= 15 is 0 Å². The summed E-state index contributed by atoms with van der Waals surface area (Å²) in [6.45, 7) is 0.571. The summed E-state index contributed by atoms with van der Waals surface area (Å²) in [5.41, 5.74) is -0.410. The first kappa shape index (κ1) is 13.6. The Morgan fingerprint density at radius 3 is 2.63 bits per heavy atom. The molecule has 1 amide bonds. The Kier molecular flexibility index (Phi) is 3.91. The van der Waals surface area contributed by atoms with E-state index in [1.54, 1.807) is 0 Å². The molecule has 0 aliphatic carbocycles. The fourth-order valence-corrected chi connectivity index (χ4v) is 1.65. The van der Waals surface area contributed by atoms with Crippen LogP contribution in [0, 0.1) is 0 Å². The summed E-state index contributed by atoms with van der Waals surface area (Å²) >= 11 is 0. The molecule has 6 nitrogen and oxygen atoms in total. The minimum Gasteiger partial charge on any atom is -0.465 e. The largest absolute Gasteiger partial charge is 0.465 e. The Morgan fingerprint density at radius 2 is 2.11 bits per heavy atom. The minimum atomic E-state index is -2.74. The molecule has 104 valence electrons. The Bertz CT molecular complexity index is 478. The van der Waals surface area contributed by atoms with Gasteiger partial charge in [-0.1, -0.05) is 0 Å². The predicted molar refractivity (Wildman–Crippen MR) is 60.3 cm³/mol. The third-order valence-corrected chi connectivity index (χ3v) is 2.65. The highest BCUT2D eigenvalue weighted by Crippen LogP contribution is 2.32. The van der Waals surface area contributed by atoms with Gasteiger partial charge in [-0.2, -0.15) is 0 Å². The van der Waals surface area contributed by atoms with Crippen LogP contribution in [0.2, 0.25) is 0 Å². The lowest BCUT2D eigenvalue weighted by Crippen LogP contribution is -2.25. The highest BCUT2D eigenvalue weighted by molar-refractivity contribution is 5.83. The smallest absolute Gasteiger partial charge is 0.412 e. The number of alkyl halides is 2. The fourth-order valence-electron chi connectivity index (χ4n) is 1.65. The van der Waals surface area contributed by atoms with Crippen LogP contribution in [-0.2, 0) is 9.47 Å². The van der Waals surface area contributed by atoms with E-state index < -0.39 is 18.8 Å². The lowest BCUT2D eigenvalue weighted by atomic mass is 10.2. The maximum Gasteiger partial charge on any atom is 0.412 e. The van der Waals surface area contributed by atoms with Crippen molar-refractivity contribution >= 4 is 11.9 Å². The number of pyridine rings is 1. The van der Waals surface area contributed by atoms with Gasteiger partial charge in [0, 0.05) is 12.6 Å². The van der Waals surface area contributed by atoms with Crippen LogP contribution >= 0.6 is 0 Å². The topological polar surface area (TPSA) is 71.9 Å². The van der Waals surface area contributed by atoms with Gasteiger partial charge in [-0.15, -0.1) is 0 Å². The number of ether oxygens (including phenoxy) is 2. The third-order valence-electron chi connectivity index (χ3n) is 2.65. The predicted octanol–water partition coefficient (Wildman–Crippen LogP) is 2.18. The normalized spacial score (nSPS) is 16.0. The van der Waals surface area contributed by atoms with E-state index in [-0.39, 0.29) is 30.3 Å². The average Bonchev–Trinajstić information content (AvgIpc) is 2.90. The summed E-state index contributed by atoms with van der Waals surface area (Å²) < 4.78 is 36.1. The van der Waals surface area contributed by atoms with Crippen molar-refractivity contribution in [2.75, 3.05) is 25.2 Å². The molecule has 1 aliphatic heterocycles. The zero-order chi connectivity index (χ0) is 14.0. The Hall–Kier alpha value is -1.80. The van der Waals surface area contributed by atoms with Crippen molar-refractivity contribution in [2.45, 2.75) is 12.7 Å². The van der Waals surface area contributed by atoms with Crippen LogP contribution in [0.1, 0.15) is 24.0 Å². The number of amides is 1. The van der Waals surface area contributed by atoms with Gasteiger partial charge in [0.15, 0.2) is 0 Å². The Morgan fingerprint density at radius 1 is 1.47 bits per heavy atom. The second-order valence-corrected chi connectivity index (χ2v) is 3.86. The molecule has 0 saturated carbocycles. The standard InChI is InChI=1S/C11H12F2N2O4/c1-15(11(16)17)7-3-2-6(9(12)13)8(14-7)10-18-4-5-19-10/h2-3,9-10H,4-5H2,1H3,(H,16,17). The zero-order valence-electron chi connectivity index (χ0n) is 10.0. The van der Waals surface area contributed by atoms with E-state index in [4.69, 9.17) is 14.6 Å². The molecule has 1 aromatic rings. The van der Waals surface area contributed by atoms with Gasteiger partial charge in [0.1, 0.15) is 11.5 Å². The molecule has 0 spiro atoms. The monoisotopic (exact) mass is 274 g/mol. The van der Waals surface area contributed by atoms with E-state index in [9.17, 15) is 13.6 Å². The third kappa shape index (κ3) is 2.79. The van der Waals surface area contributed by atoms with Crippen molar-refractivity contribution in [2.24, 2.45) is 0 Å². The van der Waals surface area contributed by atoms with Crippen molar-refractivity contribution in [3.63, 3.8) is 0 Å². The molecular formula is C11H12F2N2O4. The molecule has 0 radical (unpaired) electrons. The maximum absolute atomic E-state index is 12.9. The zero-order valence-corrected chi connectivity index (χ0v) is 10.0. The van der Waals surface area contributed by atoms with Crippen molar-refractivity contribution < 1.29 is 28.2 Å². The van der Waals surface area contributed by atoms with Gasteiger partial charge in [-0.05, 0) is 12.1 Å². The van der Waals surface area contributed by atoms with Crippen molar-refractivity contribution in [3.8, 4) is 0 Å². The highest BCUT2D eigenvalue weighted by Gasteiger charge is 2.27. The van der Waals surface area contributed by atoms with Crippen LogP contribution in [0.4, 0.5) is 19.4 Å². The number of rotatable bonds is 3.